The number of nitrogens with two attached hydrogens (primary N) is 1. The third-order valence-electron chi connectivity index (χ3n) is 2.82. The highest BCUT2D eigenvalue weighted by Gasteiger charge is 2.38. The fourth-order valence-electron chi connectivity index (χ4n) is 1.73. The first-order valence-corrected chi connectivity index (χ1v) is 6.54. The van der Waals surface area contributed by atoms with Gasteiger partial charge in [-0.15, -0.1) is 5.10 Å². The summed E-state index contributed by atoms with van der Waals surface area (Å²) in [4.78, 5) is 24.3. The number of fused-ring (bicyclic) bond motifs is 1. The molecule has 0 unspecified atom stereocenters. The van der Waals surface area contributed by atoms with E-state index in [-0.39, 0.29) is 17.8 Å². The molecule has 0 saturated heterocycles. The average Bonchev–Trinajstić information content (AvgIpc) is 2.87. The average molecular weight is 348 g/mol. The van der Waals surface area contributed by atoms with Crippen molar-refractivity contribution < 1.29 is 32.6 Å². The van der Waals surface area contributed by atoms with Gasteiger partial charge in [0.1, 0.15) is 0 Å². The van der Waals surface area contributed by atoms with Crippen LogP contribution in [0.5, 0.6) is 0 Å². The number of pyridine rings is 1. The maximum atomic E-state index is 11.4. The Morgan fingerprint density at radius 1 is 1.42 bits per heavy atom. The molecular weight excluding hydrogens is 333 g/mol. The minimum Gasteiger partial charge on any atom is -0.475 e. The van der Waals surface area contributed by atoms with Gasteiger partial charge in [0.2, 0.25) is 5.95 Å². The number of carboxylic acid groups (broad SMARTS) is 1. The second-order valence-corrected chi connectivity index (χ2v) is 4.69. The zero-order valence-corrected chi connectivity index (χ0v) is 12.7. The van der Waals surface area contributed by atoms with Crippen molar-refractivity contribution in [2.24, 2.45) is 5.92 Å². The molecule has 8 nitrogen and oxygen atoms in total. The van der Waals surface area contributed by atoms with Gasteiger partial charge in [-0.25, -0.2) is 9.31 Å². The third kappa shape index (κ3) is 5.11. The molecule has 24 heavy (non-hydrogen) atoms. The van der Waals surface area contributed by atoms with E-state index in [1.165, 1.54) is 7.11 Å². The molecule has 2 rings (SSSR count). The highest BCUT2D eigenvalue weighted by molar-refractivity contribution is 5.73. The molecule has 0 aliphatic rings. The van der Waals surface area contributed by atoms with Gasteiger partial charge in [-0.1, -0.05) is 13.0 Å². The Kier molecular flexibility index (Phi) is 6.09. The number of halogens is 3. The van der Waals surface area contributed by atoms with Gasteiger partial charge in [0, 0.05) is 12.1 Å². The summed E-state index contributed by atoms with van der Waals surface area (Å²) in [7, 11) is 1.38. The number of esters is 1. The van der Waals surface area contributed by atoms with E-state index >= 15 is 0 Å². The maximum Gasteiger partial charge on any atom is 0.490 e. The van der Waals surface area contributed by atoms with Crippen LogP contribution in [0.1, 0.15) is 12.6 Å². The first kappa shape index (κ1) is 19.2. The van der Waals surface area contributed by atoms with Gasteiger partial charge in [-0.05, 0) is 12.1 Å². The fraction of sp³-hybridized carbons (Fsp3) is 0.385. The normalized spacial score (nSPS) is 12.2. The molecule has 132 valence electrons. The Labute approximate surface area is 134 Å². The number of hydrogen-bond acceptors (Lipinski definition) is 6. The molecule has 2 aromatic heterocycles. The fourth-order valence-corrected chi connectivity index (χ4v) is 1.73. The lowest BCUT2D eigenvalue weighted by Gasteiger charge is -2.09. The number of methoxy groups -OCH3 is 1. The zero-order valence-electron chi connectivity index (χ0n) is 12.7. The lowest BCUT2D eigenvalue weighted by molar-refractivity contribution is -0.192. The summed E-state index contributed by atoms with van der Waals surface area (Å²) in [5.41, 5.74) is 7.10. The van der Waals surface area contributed by atoms with Crippen molar-refractivity contribution in [1.29, 1.82) is 0 Å². The molecule has 2 heterocycles. The van der Waals surface area contributed by atoms with Crippen LogP contribution in [0, 0.1) is 5.92 Å². The van der Waals surface area contributed by atoms with Crippen molar-refractivity contribution in [3.05, 3.63) is 23.9 Å². The quantitative estimate of drug-likeness (QED) is 0.802. The third-order valence-corrected chi connectivity index (χ3v) is 2.82. The Hall–Kier alpha value is -2.85. The summed E-state index contributed by atoms with van der Waals surface area (Å²) in [6.45, 7) is 1.81. The number of carbonyl (C=O) groups excluding carboxylic acids is 1. The number of hydrogen-bond donors (Lipinski definition) is 2. The van der Waals surface area contributed by atoms with Crippen molar-refractivity contribution >= 4 is 23.5 Å². The van der Waals surface area contributed by atoms with Gasteiger partial charge in [0.15, 0.2) is 5.65 Å². The smallest absolute Gasteiger partial charge is 0.475 e. The number of ether oxygens (including phenoxy) is 1. The summed E-state index contributed by atoms with van der Waals surface area (Å²) in [6.07, 6.45) is -4.55. The molecular formula is C13H15F3N4O4. The van der Waals surface area contributed by atoms with Crippen molar-refractivity contribution in [2.45, 2.75) is 19.5 Å². The maximum absolute atomic E-state index is 11.4. The van der Waals surface area contributed by atoms with E-state index in [0.717, 1.165) is 5.69 Å². The van der Waals surface area contributed by atoms with E-state index in [1.54, 1.807) is 4.52 Å². The van der Waals surface area contributed by atoms with E-state index in [4.69, 9.17) is 20.4 Å². The van der Waals surface area contributed by atoms with Crippen LogP contribution < -0.4 is 5.73 Å². The highest BCUT2D eigenvalue weighted by Crippen LogP contribution is 2.13. The summed E-state index contributed by atoms with van der Waals surface area (Å²) in [6, 6.07) is 5.57. The van der Waals surface area contributed by atoms with Crippen LogP contribution in [0.3, 0.4) is 0 Å². The first-order chi connectivity index (χ1) is 11.1. The van der Waals surface area contributed by atoms with Crippen LogP contribution in [-0.2, 0) is 20.7 Å². The summed E-state index contributed by atoms with van der Waals surface area (Å²) in [5.74, 6) is -3.00. The first-order valence-electron chi connectivity index (χ1n) is 6.54. The van der Waals surface area contributed by atoms with E-state index in [9.17, 15) is 18.0 Å². The second-order valence-electron chi connectivity index (χ2n) is 4.69. The summed E-state index contributed by atoms with van der Waals surface area (Å²) >= 11 is 0. The molecule has 11 heteroatoms. The second kappa shape index (κ2) is 7.62. The molecule has 0 saturated carbocycles. The number of alkyl halides is 3. The predicted molar refractivity (Wildman–Crippen MR) is 76.0 cm³/mol. The Balaban J connectivity index is 0.000000351. The molecule has 0 amide bonds. The number of aromatic nitrogens is 3. The van der Waals surface area contributed by atoms with Crippen molar-refractivity contribution in [1.82, 2.24) is 14.6 Å². The largest absolute Gasteiger partial charge is 0.490 e. The number of rotatable bonds is 3. The molecule has 0 aliphatic heterocycles. The van der Waals surface area contributed by atoms with Crippen LogP contribution in [-0.4, -0.2) is 44.9 Å². The van der Waals surface area contributed by atoms with Crippen LogP contribution >= 0.6 is 0 Å². The van der Waals surface area contributed by atoms with E-state index in [1.807, 2.05) is 25.1 Å². The Bertz CT molecular complexity index is 730. The standard InChI is InChI=1S/C11H14N4O2.C2HF3O2/c1-7(10(16)17-2)6-8-4-3-5-9-13-11(12)14-15(8)9;3-2(4,5)1(6)7/h3-5,7H,6H2,1-2H3,(H2,12,14);(H,6,7)/t7-;/m0./s1. The molecule has 2 aromatic rings. The van der Waals surface area contributed by atoms with Gasteiger partial charge in [0.25, 0.3) is 0 Å². The molecule has 0 radical (unpaired) electrons. The zero-order chi connectivity index (χ0) is 18.5. The number of nitrogens with zero attached hydrogens (tertiary/aromatic N) is 3. The minimum atomic E-state index is -5.08. The number of carbonyl (C=O) groups is 2. The van der Waals surface area contributed by atoms with Gasteiger partial charge in [0.05, 0.1) is 13.0 Å². The predicted octanol–water partition coefficient (Wildman–Crippen LogP) is 1.30. The summed E-state index contributed by atoms with van der Waals surface area (Å²) < 4.78 is 38.1. The molecule has 0 spiro atoms. The topological polar surface area (TPSA) is 120 Å². The van der Waals surface area contributed by atoms with Crippen molar-refractivity contribution in [3.63, 3.8) is 0 Å². The lowest BCUT2D eigenvalue weighted by atomic mass is 10.1. The SMILES string of the molecule is COC(=O)[C@@H](C)Cc1cccc2nc(N)nn12.O=C(O)C(F)(F)F. The number of aliphatic carboxylic acids is 1. The number of carboxylic acids is 1. The number of anilines is 1. The van der Waals surface area contributed by atoms with Gasteiger partial charge in [-0.2, -0.15) is 18.2 Å². The van der Waals surface area contributed by atoms with Crippen LogP contribution in [0.25, 0.3) is 5.65 Å². The van der Waals surface area contributed by atoms with Crippen LogP contribution in [0.4, 0.5) is 19.1 Å². The molecule has 0 aliphatic carbocycles. The molecule has 0 aromatic carbocycles. The Morgan fingerprint density at radius 2 is 2.00 bits per heavy atom. The molecule has 0 fully saturated rings. The van der Waals surface area contributed by atoms with Gasteiger partial charge >= 0.3 is 18.1 Å². The van der Waals surface area contributed by atoms with Gasteiger partial charge < -0.3 is 15.6 Å². The molecule has 3 N–H and O–H groups in total. The number of nitrogen functional groups attached to an aromatic ring is 1. The van der Waals surface area contributed by atoms with Crippen LogP contribution in [0.15, 0.2) is 18.2 Å². The summed E-state index contributed by atoms with van der Waals surface area (Å²) in [5, 5.41) is 11.2. The Morgan fingerprint density at radius 3 is 2.50 bits per heavy atom. The van der Waals surface area contributed by atoms with Crippen LogP contribution in [0.2, 0.25) is 0 Å². The van der Waals surface area contributed by atoms with E-state index in [0.29, 0.717) is 12.1 Å². The van der Waals surface area contributed by atoms with Crippen molar-refractivity contribution in [2.75, 3.05) is 12.8 Å². The monoisotopic (exact) mass is 348 g/mol. The highest BCUT2D eigenvalue weighted by atomic mass is 19.4. The van der Waals surface area contributed by atoms with Crippen molar-refractivity contribution in [3.8, 4) is 0 Å². The minimum absolute atomic E-state index is 0.225. The molecule has 0 bridgehead atoms. The van der Waals surface area contributed by atoms with E-state index < -0.39 is 12.1 Å². The van der Waals surface area contributed by atoms with Gasteiger partial charge in [-0.3, -0.25) is 4.79 Å². The molecule has 1 atom stereocenters. The lowest BCUT2D eigenvalue weighted by Crippen LogP contribution is -2.21. The van der Waals surface area contributed by atoms with E-state index in [2.05, 4.69) is 10.1 Å².